The van der Waals surface area contributed by atoms with Crippen molar-refractivity contribution in [3.05, 3.63) is 40.7 Å². The summed E-state index contributed by atoms with van der Waals surface area (Å²) in [6, 6.07) is 5.32. The summed E-state index contributed by atoms with van der Waals surface area (Å²) in [6.45, 7) is 7.69. The van der Waals surface area contributed by atoms with Gasteiger partial charge in [0.15, 0.2) is 0 Å². The Kier molecular flexibility index (Phi) is 4.50. The number of rotatable bonds is 4. The van der Waals surface area contributed by atoms with Crippen LogP contribution in [0.1, 0.15) is 25.0 Å². The second kappa shape index (κ2) is 5.66. The Morgan fingerprint density at radius 3 is 2.80 bits per heavy atom. The minimum absolute atomic E-state index is 0.139. The molecule has 0 saturated carbocycles. The van der Waals surface area contributed by atoms with E-state index in [0.29, 0.717) is 5.56 Å². The van der Waals surface area contributed by atoms with E-state index in [9.17, 15) is 4.39 Å². The summed E-state index contributed by atoms with van der Waals surface area (Å²) in [5.41, 5.74) is 2.82. The number of hydrogen-bond donors (Lipinski definition) is 1. The van der Waals surface area contributed by atoms with E-state index < -0.39 is 0 Å². The van der Waals surface area contributed by atoms with E-state index in [0.717, 1.165) is 18.7 Å². The van der Waals surface area contributed by atoms with Gasteiger partial charge in [-0.2, -0.15) is 0 Å². The molecule has 0 radical (unpaired) electrons. The van der Waals surface area contributed by atoms with Gasteiger partial charge in [0.05, 0.1) is 0 Å². The minimum atomic E-state index is -0.139. The molecule has 0 aliphatic carbocycles. The van der Waals surface area contributed by atoms with Crippen LogP contribution in [-0.2, 0) is 0 Å². The zero-order valence-electron chi connectivity index (χ0n) is 9.60. The number of aryl methyl sites for hydroxylation is 1. The molecule has 1 nitrogen and oxygen atoms in total. The van der Waals surface area contributed by atoms with Crippen LogP contribution in [0.15, 0.2) is 23.8 Å². The molecular formula is C13H18FN. The molecule has 0 aliphatic heterocycles. The Morgan fingerprint density at radius 2 is 2.20 bits per heavy atom. The maximum Gasteiger partial charge on any atom is 0.126 e. The van der Waals surface area contributed by atoms with Crippen LogP contribution in [0.4, 0.5) is 4.39 Å². The topological polar surface area (TPSA) is 12.0 Å². The van der Waals surface area contributed by atoms with E-state index in [-0.39, 0.29) is 5.82 Å². The largest absolute Gasteiger partial charge is 0.313 e. The van der Waals surface area contributed by atoms with E-state index in [2.05, 4.69) is 12.2 Å². The average molecular weight is 207 g/mol. The van der Waals surface area contributed by atoms with Crippen molar-refractivity contribution in [2.75, 3.05) is 13.1 Å². The Bertz CT molecular complexity index is 356. The fourth-order valence-electron chi connectivity index (χ4n) is 1.36. The summed E-state index contributed by atoms with van der Waals surface area (Å²) in [5.74, 6) is -0.139. The molecule has 1 N–H and O–H groups in total. The molecule has 0 bridgehead atoms. The molecule has 0 atom stereocenters. The van der Waals surface area contributed by atoms with Gasteiger partial charge < -0.3 is 5.32 Å². The molecule has 15 heavy (non-hydrogen) atoms. The summed E-state index contributed by atoms with van der Waals surface area (Å²) in [5, 5.41) is 3.23. The molecule has 0 heterocycles. The maximum atomic E-state index is 13.2. The van der Waals surface area contributed by atoms with Gasteiger partial charge in [0.2, 0.25) is 0 Å². The highest BCUT2D eigenvalue weighted by Gasteiger charge is 1.97. The third-order valence-electron chi connectivity index (χ3n) is 2.26. The van der Waals surface area contributed by atoms with Gasteiger partial charge in [0.25, 0.3) is 0 Å². The molecule has 0 aromatic heterocycles. The van der Waals surface area contributed by atoms with Crippen LogP contribution < -0.4 is 5.32 Å². The summed E-state index contributed by atoms with van der Waals surface area (Å²) in [4.78, 5) is 0. The summed E-state index contributed by atoms with van der Waals surface area (Å²) in [7, 11) is 0. The molecule has 0 amide bonds. The van der Waals surface area contributed by atoms with E-state index in [4.69, 9.17) is 0 Å². The van der Waals surface area contributed by atoms with Gasteiger partial charge in [-0.3, -0.25) is 0 Å². The fraction of sp³-hybridized carbons (Fsp3) is 0.385. The van der Waals surface area contributed by atoms with E-state index in [1.807, 2.05) is 25.1 Å². The molecule has 1 aromatic rings. The first-order chi connectivity index (χ1) is 7.13. The lowest BCUT2D eigenvalue weighted by atomic mass is 10.1. The molecule has 0 unspecified atom stereocenters. The summed E-state index contributed by atoms with van der Waals surface area (Å²) in [6.07, 6.45) is 2.01. The van der Waals surface area contributed by atoms with Gasteiger partial charge >= 0.3 is 0 Å². The van der Waals surface area contributed by atoms with Gasteiger partial charge in [-0.05, 0) is 37.6 Å². The average Bonchev–Trinajstić information content (AvgIpc) is 2.20. The van der Waals surface area contributed by atoms with Crippen LogP contribution in [0.2, 0.25) is 0 Å². The number of benzene rings is 1. The number of nitrogens with one attached hydrogen (secondary N) is 1. The number of hydrogen-bond acceptors (Lipinski definition) is 1. The highest BCUT2D eigenvalue weighted by molar-refractivity contribution is 5.53. The molecule has 1 aromatic carbocycles. The first-order valence-corrected chi connectivity index (χ1v) is 5.27. The lowest BCUT2D eigenvalue weighted by Gasteiger charge is -2.03. The standard InChI is InChI=1S/C13H18FN/c1-4-15-9-10(2)7-12-6-5-11(3)13(14)8-12/h5-8,15H,4,9H2,1-3H3. The van der Waals surface area contributed by atoms with Crippen molar-refractivity contribution >= 4 is 6.08 Å². The van der Waals surface area contributed by atoms with Crippen LogP contribution >= 0.6 is 0 Å². The second-order valence-electron chi connectivity index (χ2n) is 3.78. The van der Waals surface area contributed by atoms with Crippen LogP contribution in [0.3, 0.4) is 0 Å². The molecule has 2 heteroatoms. The van der Waals surface area contributed by atoms with Crippen molar-refractivity contribution in [1.82, 2.24) is 5.32 Å². The Labute approximate surface area is 91.0 Å². The van der Waals surface area contributed by atoms with Gasteiger partial charge in [0.1, 0.15) is 5.82 Å². The van der Waals surface area contributed by atoms with Crippen molar-refractivity contribution in [3.63, 3.8) is 0 Å². The third-order valence-corrected chi connectivity index (χ3v) is 2.26. The molecule has 0 fully saturated rings. The molecular weight excluding hydrogens is 189 g/mol. The first kappa shape index (κ1) is 11.9. The van der Waals surface area contributed by atoms with E-state index >= 15 is 0 Å². The smallest absolute Gasteiger partial charge is 0.126 e. The van der Waals surface area contributed by atoms with Crippen LogP contribution in [0.25, 0.3) is 6.08 Å². The normalized spacial score (nSPS) is 11.9. The molecule has 0 aliphatic rings. The monoisotopic (exact) mass is 207 g/mol. The van der Waals surface area contributed by atoms with E-state index in [1.165, 1.54) is 5.57 Å². The van der Waals surface area contributed by atoms with Crippen molar-refractivity contribution in [3.8, 4) is 0 Å². The summed E-state index contributed by atoms with van der Waals surface area (Å²) < 4.78 is 13.2. The second-order valence-corrected chi connectivity index (χ2v) is 3.78. The molecule has 0 spiro atoms. The van der Waals surface area contributed by atoms with Gasteiger partial charge in [-0.15, -0.1) is 0 Å². The van der Waals surface area contributed by atoms with Crippen LogP contribution in [-0.4, -0.2) is 13.1 Å². The lowest BCUT2D eigenvalue weighted by molar-refractivity contribution is 0.618. The lowest BCUT2D eigenvalue weighted by Crippen LogP contribution is -2.14. The van der Waals surface area contributed by atoms with Crippen LogP contribution in [0.5, 0.6) is 0 Å². The first-order valence-electron chi connectivity index (χ1n) is 5.27. The zero-order valence-corrected chi connectivity index (χ0v) is 9.60. The van der Waals surface area contributed by atoms with Crippen molar-refractivity contribution in [2.24, 2.45) is 0 Å². The maximum absolute atomic E-state index is 13.2. The predicted octanol–water partition coefficient (Wildman–Crippen LogP) is 3.15. The van der Waals surface area contributed by atoms with Gasteiger partial charge in [-0.1, -0.05) is 30.7 Å². The quantitative estimate of drug-likeness (QED) is 0.799. The predicted molar refractivity (Wildman–Crippen MR) is 63.3 cm³/mol. The third kappa shape index (κ3) is 3.84. The highest BCUT2D eigenvalue weighted by Crippen LogP contribution is 2.12. The van der Waals surface area contributed by atoms with Crippen LogP contribution in [0, 0.1) is 12.7 Å². The Morgan fingerprint density at radius 1 is 1.47 bits per heavy atom. The molecule has 1 rings (SSSR count). The van der Waals surface area contributed by atoms with Crippen molar-refractivity contribution in [2.45, 2.75) is 20.8 Å². The number of likely N-dealkylation sites (N-methyl/N-ethyl adjacent to an activating group) is 1. The fourth-order valence-corrected chi connectivity index (χ4v) is 1.36. The summed E-state index contributed by atoms with van der Waals surface area (Å²) >= 11 is 0. The van der Waals surface area contributed by atoms with Gasteiger partial charge in [-0.25, -0.2) is 4.39 Å². The number of halogens is 1. The Balaban J connectivity index is 2.75. The van der Waals surface area contributed by atoms with E-state index in [1.54, 1.807) is 13.0 Å². The molecule has 0 saturated heterocycles. The minimum Gasteiger partial charge on any atom is -0.313 e. The van der Waals surface area contributed by atoms with Crippen molar-refractivity contribution < 1.29 is 4.39 Å². The van der Waals surface area contributed by atoms with Gasteiger partial charge in [0, 0.05) is 6.54 Å². The Hall–Kier alpha value is -1.15. The highest BCUT2D eigenvalue weighted by atomic mass is 19.1. The SMILES string of the molecule is CCNCC(C)=Cc1ccc(C)c(F)c1. The molecule has 82 valence electrons. The zero-order chi connectivity index (χ0) is 11.3. The van der Waals surface area contributed by atoms with Crippen molar-refractivity contribution in [1.29, 1.82) is 0 Å².